The number of hydrogen-bond acceptors (Lipinski definition) is 6. The average molecular weight is 457 g/mol. The van der Waals surface area contributed by atoms with Gasteiger partial charge in [0.1, 0.15) is 0 Å². The summed E-state index contributed by atoms with van der Waals surface area (Å²) in [4.78, 5) is 19.6. The highest BCUT2D eigenvalue weighted by molar-refractivity contribution is 6.33. The molecule has 3 heterocycles. The fraction of sp³-hybridized carbons (Fsp3) is 0.500. The van der Waals surface area contributed by atoms with E-state index in [-0.39, 0.29) is 18.8 Å². The van der Waals surface area contributed by atoms with E-state index in [2.05, 4.69) is 15.8 Å². The number of alkyl halides is 3. The minimum absolute atomic E-state index is 0.118. The van der Waals surface area contributed by atoms with Gasteiger partial charge in [0.15, 0.2) is 0 Å². The number of likely N-dealkylation sites (N-methyl/N-ethyl adjacent to an activating group) is 1. The Hall–Kier alpha value is -2.46. The van der Waals surface area contributed by atoms with E-state index in [1.165, 1.54) is 13.0 Å². The van der Waals surface area contributed by atoms with Gasteiger partial charge in [0.2, 0.25) is 12.2 Å². The van der Waals surface area contributed by atoms with E-state index in [0.29, 0.717) is 13.0 Å². The zero-order valence-corrected chi connectivity index (χ0v) is 18.1. The highest BCUT2D eigenvalue weighted by atomic mass is 35.5. The Balaban J connectivity index is 1.62. The molecule has 4 aliphatic rings. The highest BCUT2D eigenvalue weighted by Crippen LogP contribution is 2.47. The first kappa shape index (κ1) is 21.8. The molecule has 11 heteroatoms. The van der Waals surface area contributed by atoms with Crippen molar-refractivity contribution in [1.82, 2.24) is 25.8 Å². The van der Waals surface area contributed by atoms with Crippen LogP contribution in [-0.4, -0.2) is 59.1 Å². The molecule has 0 saturated carbocycles. The van der Waals surface area contributed by atoms with E-state index in [1.54, 1.807) is 23.4 Å². The summed E-state index contributed by atoms with van der Waals surface area (Å²) in [6.07, 6.45) is 3.32. The topological polar surface area (TPSA) is 63.2 Å². The molecule has 0 aromatic carbocycles. The van der Waals surface area contributed by atoms with E-state index < -0.39 is 28.1 Å². The van der Waals surface area contributed by atoms with Crippen LogP contribution in [0.2, 0.25) is 0 Å². The first-order valence-corrected chi connectivity index (χ1v) is 10.3. The molecule has 0 aromatic heterocycles. The van der Waals surface area contributed by atoms with Crippen molar-refractivity contribution in [2.75, 3.05) is 13.6 Å². The fourth-order valence-electron chi connectivity index (χ4n) is 4.50. The Kier molecular flexibility index (Phi) is 5.33. The molecule has 2 N–H and O–H groups in total. The molecule has 0 saturated heterocycles. The van der Waals surface area contributed by atoms with Gasteiger partial charge in [0.05, 0.1) is 28.4 Å². The minimum atomic E-state index is -4.61. The van der Waals surface area contributed by atoms with Crippen molar-refractivity contribution >= 4 is 23.7 Å². The predicted octanol–water partition coefficient (Wildman–Crippen LogP) is 2.98. The number of amides is 1. The third kappa shape index (κ3) is 3.51. The SMILES string of the molecule is C[C@H]1C2=C(CCN1C(=O)C1(C)CC=CC(C(F)(F)F)=C1Cl)N(C1N=CC=CN1)NN2C. The number of allylic oxidation sites excluding steroid dienone is 4. The van der Waals surface area contributed by atoms with Gasteiger partial charge in [-0.15, -0.1) is 5.53 Å². The molecule has 1 aliphatic carbocycles. The molecule has 7 nitrogen and oxygen atoms in total. The van der Waals surface area contributed by atoms with Crippen LogP contribution in [0.15, 0.2) is 51.4 Å². The lowest BCUT2D eigenvalue weighted by Gasteiger charge is -2.42. The van der Waals surface area contributed by atoms with Crippen molar-refractivity contribution in [3.05, 3.63) is 46.4 Å². The van der Waals surface area contributed by atoms with Gasteiger partial charge in [-0.2, -0.15) is 13.2 Å². The van der Waals surface area contributed by atoms with Gasteiger partial charge in [-0.05, 0) is 26.3 Å². The number of hydrogen-bond donors (Lipinski definition) is 2. The van der Waals surface area contributed by atoms with E-state index in [0.717, 1.165) is 17.5 Å². The molecule has 0 fully saturated rings. The molecule has 4 rings (SSSR count). The summed E-state index contributed by atoms with van der Waals surface area (Å²) in [6, 6.07) is -0.358. The third-order valence-corrected chi connectivity index (χ3v) is 6.75. The number of carbonyl (C=O) groups is 1. The standard InChI is InChI=1S/C20H24ClF3N6O/c1-12-15-14(30(27-28(15)3)18-25-9-5-10-26-18)7-11-29(12)17(31)19(2)8-4-6-13(16(19)21)20(22,23)24/h4-6,9-10,12,18,25,27H,7-8,11H2,1-3H3/t12-,18?,19?/m0/s1. The molecule has 0 aromatic rings. The Labute approximate surface area is 183 Å². The molecular formula is C20H24ClF3N6O. The van der Waals surface area contributed by atoms with Crippen molar-refractivity contribution < 1.29 is 18.0 Å². The molecule has 2 unspecified atom stereocenters. The number of carbonyl (C=O) groups excluding carboxylic acids is 1. The monoisotopic (exact) mass is 456 g/mol. The Bertz CT molecular complexity index is 940. The van der Waals surface area contributed by atoms with Gasteiger partial charge < -0.3 is 10.2 Å². The number of nitrogens with one attached hydrogen (secondary N) is 2. The van der Waals surface area contributed by atoms with Gasteiger partial charge in [-0.25, -0.2) is 4.99 Å². The number of hydrazine groups is 2. The third-order valence-electron chi connectivity index (χ3n) is 6.13. The summed E-state index contributed by atoms with van der Waals surface area (Å²) in [5.41, 5.74) is 2.67. The van der Waals surface area contributed by atoms with Crippen LogP contribution < -0.4 is 10.9 Å². The van der Waals surface area contributed by atoms with Gasteiger partial charge in [0, 0.05) is 37.5 Å². The molecule has 3 atom stereocenters. The van der Waals surface area contributed by atoms with Crippen LogP contribution in [0.5, 0.6) is 0 Å². The molecule has 168 valence electrons. The predicted molar refractivity (Wildman–Crippen MR) is 111 cm³/mol. The van der Waals surface area contributed by atoms with Crippen LogP contribution in [-0.2, 0) is 4.79 Å². The molecule has 0 radical (unpaired) electrons. The molecule has 0 spiro atoms. The zero-order chi connectivity index (χ0) is 22.6. The summed E-state index contributed by atoms with van der Waals surface area (Å²) in [7, 11) is 1.84. The smallest absolute Gasteiger partial charge is 0.352 e. The zero-order valence-electron chi connectivity index (χ0n) is 17.4. The highest BCUT2D eigenvalue weighted by Gasteiger charge is 2.49. The Morgan fingerprint density at radius 1 is 1.39 bits per heavy atom. The lowest BCUT2D eigenvalue weighted by Crippen LogP contribution is -2.52. The van der Waals surface area contributed by atoms with Crippen LogP contribution >= 0.6 is 11.6 Å². The normalized spacial score (nSPS) is 30.9. The van der Waals surface area contributed by atoms with Crippen LogP contribution in [0.1, 0.15) is 26.7 Å². The number of aliphatic imine (C=N–C) groups is 1. The summed E-state index contributed by atoms with van der Waals surface area (Å²) in [5.74, 6) is -0.411. The van der Waals surface area contributed by atoms with Crippen molar-refractivity contribution in [3.8, 4) is 0 Å². The molecule has 31 heavy (non-hydrogen) atoms. The average Bonchev–Trinajstić information content (AvgIpc) is 3.07. The van der Waals surface area contributed by atoms with Gasteiger partial charge in [-0.3, -0.25) is 14.8 Å². The van der Waals surface area contributed by atoms with Crippen molar-refractivity contribution in [2.45, 2.75) is 45.2 Å². The second-order valence-corrected chi connectivity index (χ2v) is 8.53. The first-order chi connectivity index (χ1) is 14.6. The van der Waals surface area contributed by atoms with Gasteiger partial charge in [0.25, 0.3) is 0 Å². The number of halogens is 4. The summed E-state index contributed by atoms with van der Waals surface area (Å²) < 4.78 is 40.2. The van der Waals surface area contributed by atoms with Crippen LogP contribution in [0.3, 0.4) is 0 Å². The quantitative estimate of drug-likeness (QED) is 0.669. The van der Waals surface area contributed by atoms with Gasteiger partial charge in [-0.1, -0.05) is 23.8 Å². The van der Waals surface area contributed by atoms with E-state index >= 15 is 0 Å². The van der Waals surface area contributed by atoms with Gasteiger partial charge >= 0.3 is 6.18 Å². The number of rotatable bonds is 2. The lowest BCUT2D eigenvalue weighted by atomic mass is 9.78. The van der Waals surface area contributed by atoms with Crippen molar-refractivity contribution in [1.29, 1.82) is 0 Å². The van der Waals surface area contributed by atoms with Crippen LogP contribution in [0.4, 0.5) is 13.2 Å². The summed E-state index contributed by atoms with van der Waals surface area (Å²) in [5, 5.41) is 6.41. The first-order valence-electron chi connectivity index (χ1n) is 9.97. The maximum absolute atomic E-state index is 13.5. The van der Waals surface area contributed by atoms with Crippen molar-refractivity contribution in [2.24, 2.45) is 10.4 Å². The second-order valence-electron chi connectivity index (χ2n) is 8.15. The minimum Gasteiger partial charge on any atom is -0.352 e. The molecule has 1 amide bonds. The summed E-state index contributed by atoms with van der Waals surface area (Å²) >= 11 is 6.19. The maximum Gasteiger partial charge on any atom is 0.417 e. The van der Waals surface area contributed by atoms with Crippen LogP contribution in [0.25, 0.3) is 0 Å². The van der Waals surface area contributed by atoms with E-state index in [9.17, 15) is 18.0 Å². The van der Waals surface area contributed by atoms with Crippen molar-refractivity contribution in [3.63, 3.8) is 0 Å². The summed E-state index contributed by atoms with van der Waals surface area (Å²) in [6.45, 7) is 3.72. The maximum atomic E-state index is 13.5. The van der Waals surface area contributed by atoms with E-state index in [1.807, 2.05) is 24.0 Å². The lowest BCUT2D eigenvalue weighted by molar-refractivity contribution is -0.141. The Morgan fingerprint density at radius 3 is 2.77 bits per heavy atom. The largest absolute Gasteiger partial charge is 0.417 e. The second kappa shape index (κ2) is 7.59. The molecule has 3 aliphatic heterocycles. The molecule has 0 bridgehead atoms. The number of nitrogens with zero attached hydrogens (tertiary/aromatic N) is 4. The Morgan fingerprint density at radius 2 is 2.13 bits per heavy atom. The fourth-order valence-corrected chi connectivity index (χ4v) is 4.83. The van der Waals surface area contributed by atoms with E-state index in [4.69, 9.17) is 11.6 Å². The molecular weight excluding hydrogens is 433 g/mol. The van der Waals surface area contributed by atoms with Crippen LogP contribution in [0, 0.1) is 5.41 Å².